The van der Waals surface area contributed by atoms with Gasteiger partial charge < -0.3 is 9.64 Å². The molecule has 0 aromatic rings. The maximum absolute atomic E-state index is 5.25. The standard InChI is InChI=1S/C10H19NO/c1-2-5-11(6-9-3-4-9)7-10-8-12-10/h9-10H,2-8H2,1H3. The van der Waals surface area contributed by atoms with E-state index in [0.717, 1.165) is 12.5 Å². The Morgan fingerprint density at radius 3 is 2.58 bits per heavy atom. The molecule has 0 N–H and O–H groups in total. The molecular formula is C10H19NO. The summed E-state index contributed by atoms with van der Waals surface area (Å²) in [6.07, 6.45) is 4.78. The van der Waals surface area contributed by atoms with E-state index in [2.05, 4.69) is 11.8 Å². The van der Waals surface area contributed by atoms with E-state index in [1.54, 1.807) is 0 Å². The van der Waals surface area contributed by atoms with Crippen LogP contribution in [-0.2, 0) is 4.74 Å². The highest BCUT2D eigenvalue weighted by Gasteiger charge is 2.29. The zero-order valence-electron chi connectivity index (χ0n) is 7.96. The molecule has 12 heavy (non-hydrogen) atoms. The van der Waals surface area contributed by atoms with Gasteiger partial charge in [-0.3, -0.25) is 0 Å². The fourth-order valence-corrected chi connectivity index (χ4v) is 1.70. The monoisotopic (exact) mass is 169 g/mol. The van der Waals surface area contributed by atoms with Gasteiger partial charge in [-0.15, -0.1) is 0 Å². The highest BCUT2D eigenvalue weighted by atomic mass is 16.6. The summed E-state index contributed by atoms with van der Waals surface area (Å²) in [5, 5.41) is 0. The summed E-state index contributed by atoms with van der Waals surface area (Å²) in [7, 11) is 0. The molecule has 1 aliphatic heterocycles. The van der Waals surface area contributed by atoms with Gasteiger partial charge in [0.2, 0.25) is 0 Å². The normalized spacial score (nSPS) is 28.0. The van der Waals surface area contributed by atoms with Crippen LogP contribution in [0.2, 0.25) is 0 Å². The van der Waals surface area contributed by atoms with Crippen LogP contribution in [0.15, 0.2) is 0 Å². The lowest BCUT2D eigenvalue weighted by Gasteiger charge is -2.19. The molecule has 1 atom stereocenters. The van der Waals surface area contributed by atoms with Crippen molar-refractivity contribution in [1.82, 2.24) is 4.90 Å². The molecule has 1 unspecified atom stereocenters. The molecule has 1 saturated carbocycles. The Morgan fingerprint density at radius 2 is 2.08 bits per heavy atom. The second-order valence-electron chi connectivity index (χ2n) is 4.16. The first kappa shape index (κ1) is 8.52. The average molecular weight is 169 g/mol. The minimum Gasteiger partial charge on any atom is -0.372 e. The summed E-state index contributed by atoms with van der Waals surface area (Å²) >= 11 is 0. The van der Waals surface area contributed by atoms with E-state index < -0.39 is 0 Å². The number of ether oxygens (including phenoxy) is 1. The Kier molecular flexibility index (Phi) is 2.66. The molecule has 1 saturated heterocycles. The molecule has 2 nitrogen and oxygen atoms in total. The van der Waals surface area contributed by atoms with Crippen LogP contribution >= 0.6 is 0 Å². The van der Waals surface area contributed by atoms with Crippen LogP contribution in [0.3, 0.4) is 0 Å². The van der Waals surface area contributed by atoms with Crippen molar-refractivity contribution in [3.05, 3.63) is 0 Å². The molecule has 0 bridgehead atoms. The highest BCUT2D eigenvalue weighted by molar-refractivity contribution is 4.80. The van der Waals surface area contributed by atoms with Crippen molar-refractivity contribution in [1.29, 1.82) is 0 Å². The van der Waals surface area contributed by atoms with Crippen molar-refractivity contribution in [2.24, 2.45) is 5.92 Å². The fraction of sp³-hybridized carbons (Fsp3) is 1.00. The molecule has 0 aromatic heterocycles. The topological polar surface area (TPSA) is 15.8 Å². The van der Waals surface area contributed by atoms with E-state index in [1.165, 1.54) is 38.9 Å². The third kappa shape index (κ3) is 2.76. The summed E-state index contributed by atoms with van der Waals surface area (Å²) in [5.74, 6) is 1.02. The van der Waals surface area contributed by atoms with E-state index in [-0.39, 0.29) is 0 Å². The Morgan fingerprint density at radius 1 is 1.33 bits per heavy atom. The Hall–Kier alpha value is -0.0800. The van der Waals surface area contributed by atoms with Crippen molar-refractivity contribution in [2.75, 3.05) is 26.2 Å². The number of rotatable bonds is 6. The zero-order chi connectivity index (χ0) is 8.39. The van der Waals surface area contributed by atoms with Crippen molar-refractivity contribution in [3.63, 3.8) is 0 Å². The van der Waals surface area contributed by atoms with Crippen molar-refractivity contribution < 1.29 is 4.74 Å². The van der Waals surface area contributed by atoms with Gasteiger partial charge in [-0.05, 0) is 31.7 Å². The lowest BCUT2D eigenvalue weighted by molar-refractivity contribution is 0.234. The third-order valence-electron chi connectivity index (χ3n) is 2.62. The van der Waals surface area contributed by atoms with Gasteiger partial charge in [-0.1, -0.05) is 6.92 Å². The molecule has 1 heterocycles. The van der Waals surface area contributed by atoms with Gasteiger partial charge >= 0.3 is 0 Å². The minimum atomic E-state index is 0.579. The average Bonchev–Trinajstić information content (AvgIpc) is 2.82. The first-order valence-corrected chi connectivity index (χ1v) is 5.22. The van der Waals surface area contributed by atoms with Gasteiger partial charge in [-0.25, -0.2) is 0 Å². The van der Waals surface area contributed by atoms with E-state index in [9.17, 15) is 0 Å². The maximum Gasteiger partial charge on any atom is 0.0936 e. The van der Waals surface area contributed by atoms with Gasteiger partial charge in [0, 0.05) is 13.1 Å². The second-order valence-corrected chi connectivity index (χ2v) is 4.16. The summed E-state index contributed by atoms with van der Waals surface area (Å²) in [6, 6.07) is 0. The van der Waals surface area contributed by atoms with Crippen LogP contribution in [-0.4, -0.2) is 37.2 Å². The van der Waals surface area contributed by atoms with Crippen LogP contribution < -0.4 is 0 Å². The first-order valence-electron chi connectivity index (χ1n) is 5.22. The summed E-state index contributed by atoms with van der Waals surface area (Å²) in [5.41, 5.74) is 0. The number of hydrogen-bond donors (Lipinski definition) is 0. The van der Waals surface area contributed by atoms with Gasteiger partial charge in [0.25, 0.3) is 0 Å². The summed E-state index contributed by atoms with van der Waals surface area (Å²) in [4.78, 5) is 2.58. The molecule has 0 radical (unpaired) electrons. The fourth-order valence-electron chi connectivity index (χ4n) is 1.70. The van der Waals surface area contributed by atoms with Crippen molar-refractivity contribution in [3.8, 4) is 0 Å². The molecule has 0 amide bonds. The number of hydrogen-bond acceptors (Lipinski definition) is 2. The molecule has 2 fully saturated rings. The van der Waals surface area contributed by atoms with Crippen LogP contribution in [0.25, 0.3) is 0 Å². The molecule has 70 valence electrons. The van der Waals surface area contributed by atoms with Crippen molar-refractivity contribution in [2.45, 2.75) is 32.3 Å². The van der Waals surface area contributed by atoms with E-state index in [4.69, 9.17) is 4.74 Å². The first-order chi connectivity index (χ1) is 5.88. The lowest BCUT2D eigenvalue weighted by atomic mass is 10.3. The zero-order valence-corrected chi connectivity index (χ0v) is 7.96. The van der Waals surface area contributed by atoms with E-state index in [0.29, 0.717) is 6.10 Å². The van der Waals surface area contributed by atoms with Crippen molar-refractivity contribution >= 4 is 0 Å². The SMILES string of the molecule is CCCN(CC1CC1)CC1CO1. The maximum atomic E-state index is 5.25. The van der Waals surface area contributed by atoms with Crippen LogP contribution in [0, 0.1) is 5.92 Å². The quantitative estimate of drug-likeness (QED) is 0.560. The molecular weight excluding hydrogens is 150 g/mol. The molecule has 0 aromatic carbocycles. The molecule has 0 spiro atoms. The van der Waals surface area contributed by atoms with E-state index in [1.807, 2.05) is 0 Å². The second kappa shape index (κ2) is 3.75. The van der Waals surface area contributed by atoms with E-state index >= 15 is 0 Å². The lowest BCUT2D eigenvalue weighted by Crippen LogP contribution is -2.30. The highest BCUT2D eigenvalue weighted by Crippen LogP contribution is 2.30. The van der Waals surface area contributed by atoms with Gasteiger partial charge in [0.1, 0.15) is 0 Å². The summed E-state index contributed by atoms with van der Waals surface area (Å²) in [6.45, 7) is 7.03. The molecule has 2 heteroatoms. The van der Waals surface area contributed by atoms with Gasteiger partial charge in [0.05, 0.1) is 12.7 Å². The largest absolute Gasteiger partial charge is 0.372 e. The minimum absolute atomic E-state index is 0.579. The molecule has 2 aliphatic rings. The molecule has 1 aliphatic carbocycles. The van der Waals surface area contributed by atoms with Crippen LogP contribution in [0.5, 0.6) is 0 Å². The number of nitrogens with zero attached hydrogens (tertiary/aromatic N) is 1. The Balaban J connectivity index is 1.66. The summed E-state index contributed by atoms with van der Waals surface area (Å²) < 4.78 is 5.25. The third-order valence-corrected chi connectivity index (χ3v) is 2.62. The smallest absolute Gasteiger partial charge is 0.0936 e. The van der Waals surface area contributed by atoms with Crippen LogP contribution in [0.4, 0.5) is 0 Å². The van der Waals surface area contributed by atoms with Crippen LogP contribution in [0.1, 0.15) is 26.2 Å². The Labute approximate surface area is 74.9 Å². The number of epoxide rings is 1. The Bertz CT molecular complexity index is 127. The van der Waals surface area contributed by atoms with Gasteiger partial charge in [-0.2, -0.15) is 0 Å². The predicted octanol–water partition coefficient (Wildman–Crippen LogP) is 1.51. The predicted molar refractivity (Wildman–Crippen MR) is 49.2 cm³/mol. The van der Waals surface area contributed by atoms with Gasteiger partial charge in [0.15, 0.2) is 0 Å². The molecule has 2 rings (SSSR count).